The molecule has 1 saturated heterocycles. The fraction of sp³-hybridized carbons (Fsp3) is 0.955. The fourth-order valence-electron chi connectivity index (χ4n) is 10.3. The van der Waals surface area contributed by atoms with Gasteiger partial charge in [0.15, 0.2) is 0 Å². The van der Waals surface area contributed by atoms with Crippen molar-refractivity contribution < 1.29 is 15.0 Å². The number of β-amino-alcohol motifs (C(OH)–C–C–N with tert-alkyl or cyclic N) is 1. The highest BCUT2D eigenvalue weighted by Crippen LogP contribution is 2.82. The molecule has 0 aromatic rings. The molecule has 2 spiro atoms. The molecule has 6 bridgehead atoms. The number of Topliss-reactive ketones (excluding diaryl/α,β-unsaturated/α-hetero) is 1. The first-order valence-corrected chi connectivity index (χ1v) is 10.9. The molecule has 2 N–H and O–H groups in total. The number of hydrogen-bond acceptors (Lipinski definition) is 4. The lowest BCUT2D eigenvalue weighted by Gasteiger charge is -2.67. The van der Waals surface area contributed by atoms with Gasteiger partial charge in [-0.25, -0.2) is 0 Å². The monoisotopic (exact) mass is 359 g/mol. The van der Waals surface area contributed by atoms with Crippen LogP contribution >= 0.6 is 0 Å². The van der Waals surface area contributed by atoms with E-state index in [9.17, 15) is 15.0 Å². The van der Waals surface area contributed by atoms with Gasteiger partial charge in [0.05, 0.1) is 12.2 Å². The number of aliphatic hydroxyl groups excluding tert-OH is 1. The predicted octanol–water partition coefficient (Wildman–Crippen LogP) is 2.23. The van der Waals surface area contributed by atoms with Crippen LogP contribution in [0.2, 0.25) is 0 Å². The first kappa shape index (κ1) is 16.5. The topological polar surface area (TPSA) is 60.8 Å². The molecule has 144 valence electrons. The number of ketones is 1. The Morgan fingerprint density at radius 2 is 2.04 bits per heavy atom. The van der Waals surface area contributed by atoms with Crippen LogP contribution in [0.3, 0.4) is 0 Å². The minimum absolute atomic E-state index is 0.0345. The maximum Gasteiger partial charge on any atom is 0.137 e. The van der Waals surface area contributed by atoms with E-state index in [0.717, 1.165) is 45.2 Å². The molecular weight excluding hydrogens is 326 g/mol. The van der Waals surface area contributed by atoms with Gasteiger partial charge in [-0.3, -0.25) is 9.69 Å². The molecule has 6 aliphatic carbocycles. The van der Waals surface area contributed by atoms with Crippen molar-refractivity contribution in [2.75, 3.05) is 19.7 Å². The van der Waals surface area contributed by atoms with Crippen LogP contribution in [-0.4, -0.2) is 52.2 Å². The van der Waals surface area contributed by atoms with Gasteiger partial charge in [-0.1, -0.05) is 13.3 Å². The number of carbonyl (C=O) groups is 1. The van der Waals surface area contributed by atoms with Crippen molar-refractivity contribution in [2.45, 2.75) is 70.4 Å². The Labute approximate surface area is 156 Å². The van der Waals surface area contributed by atoms with E-state index in [1.807, 2.05) is 6.92 Å². The molecule has 0 amide bonds. The van der Waals surface area contributed by atoms with Crippen molar-refractivity contribution in [3.8, 4) is 0 Å². The molecule has 4 nitrogen and oxygen atoms in total. The minimum Gasteiger partial charge on any atom is -0.395 e. The summed E-state index contributed by atoms with van der Waals surface area (Å²) in [5, 5.41) is 20.9. The Morgan fingerprint density at radius 1 is 1.23 bits per heavy atom. The van der Waals surface area contributed by atoms with Crippen LogP contribution < -0.4 is 0 Å². The lowest BCUT2D eigenvalue weighted by Crippen LogP contribution is -2.69. The van der Waals surface area contributed by atoms with E-state index in [0.29, 0.717) is 29.6 Å². The highest BCUT2D eigenvalue weighted by atomic mass is 16.3. The third-order valence-electron chi connectivity index (χ3n) is 10.4. The Hall–Kier alpha value is -0.450. The number of aliphatic hydroxyl groups is 2. The van der Waals surface area contributed by atoms with Crippen molar-refractivity contribution in [1.82, 2.24) is 4.90 Å². The smallest absolute Gasteiger partial charge is 0.137 e. The molecule has 6 saturated carbocycles. The van der Waals surface area contributed by atoms with Gasteiger partial charge in [0.2, 0.25) is 0 Å². The van der Waals surface area contributed by atoms with Gasteiger partial charge in [-0.2, -0.15) is 0 Å². The zero-order chi connectivity index (χ0) is 18.1. The second kappa shape index (κ2) is 4.58. The van der Waals surface area contributed by atoms with Crippen LogP contribution in [-0.2, 0) is 4.79 Å². The molecule has 7 aliphatic rings. The molecule has 4 heteroatoms. The minimum atomic E-state index is -0.593. The number of nitrogens with zero attached hydrogens (tertiary/aromatic N) is 1. The van der Waals surface area contributed by atoms with Crippen LogP contribution in [0.4, 0.5) is 0 Å². The lowest BCUT2D eigenvalue weighted by molar-refractivity contribution is -0.211. The summed E-state index contributed by atoms with van der Waals surface area (Å²) in [5.41, 5.74) is -0.343. The lowest BCUT2D eigenvalue weighted by atomic mass is 9.38. The van der Waals surface area contributed by atoms with Gasteiger partial charge < -0.3 is 10.2 Å². The highest BCUT2D eigenvalue weighted by molar-refractivity contribution is 5.86. The molecule has 7 rings (SSSR count). The zero-order valence-electron chi connectivity index (χ0n) is 16.2. The van der Waals surface area contributed by atoms with Gasteiger partial charge >= 0.3 is 0 Å². The molecule has 0 aromatic heterocycles. The molecule has 9 atom stereocenters. The average molecular weight is 360 g/mol. The van der Waals surface area contributed by atoms with Gasteiger partial charge in [0.1, 0.15) is 5.78 Å². The molecule has 1 heterocycles. The molecule has 7 fully saturated rings. The van der Waals surface area contributed by atoms with Crippen molar-refractivity contribution in [3.05, 3.63) is 0 Å². The van der Waals surface area contributed by atoms with Crippen molar-refractivity contribution in [2.24, 2.45) is 39.9 Å². The summed E-state index contributed by atoms with van der Waals surface area (Å²) < 4.78 is 0. The van der Waals surface area contributed by atoms with E-state index in [2.05, 4.69) is 11.8 Å². The number of likely N-dealkylation sites (tertiary alicyclic amines) is 1. The maximum atomic E-state index is 13.6. The summed E-state index contributed by atoms with van der Waals surface area (Å²) in [4.78, 5) is 16.2. The molecule has 1 aliphatic heterocycles. The third-order valence-corrected chi connectivity index (χ3v) is 10.4. The second-order valence-corrected chi connectivity index (χ2v) is 11.4. The van der Waals surface area contributed by atoms with Crippen LogP contribution in [0.15, 0.2) is 0 Å². The molecule has 0 radical (unpaired) electrons. The van der Waals surface area contributed by atoms with Crippen LogP contribution in [0.5, 0.6) is 0 Å². The zero-order valence-corrected chi connectivity index (χ0v) is 16.2. The third kappa shape index (κ3) is 1.53. The van der Waals surface area contributed by atoms with E-state index in [4.69, 9.17) is 0 Å². The molecule has 26 heavy (non-hydrogen) atoms. The van der Waals surface area contributed by atoms with E-state index in [1.54, 1.807) is 0 Å². The van der Waals surface area contributed by atoms with Crippen molar-refractivity contribution in [3.63, 3.8) is 0 Å². The summed E-state index contributed by atoms with van der Waals surface area (Å²) in [5.74, 6) is 2.32. The summed E-state index contributed by atoms with van der Waals surface area (Å²) in [6.45, 7) is 6.35. The highest BCUT2D eigenvalue weighted by Gasteiger charge is 2.82. The van der Waals surface area contributed by atoms with E-state index in [1.165, 1.54) is 12.8 Å². The number of fused-ring (bicyclic) bond motifs is 1. The molecular formula is C22H33NO3. The first-order chi connectivity index (χ1) is 12.3. The Balaban J connectivity index is 1.59. The SMILES string of the molecule is C[C@]12CCC[C@]34[C@@H]5C[C@@H]6C[C@@H]([C@H]3N(CCO)C1)[C@@]5(CC(=O)[C@@H]24)C[C@@]6(C)O. The first-order valence-electron chi connectivity index (χ1n) is 10.9. The predicted molar refractivity (Wildman–Crippen MR) is 97.3 cm³/mol. The van der Waals surface area contributed by atoms with Gasteiger partial charge in [0, 0.05) is 31.5 Å². The van der Waals surface area contributed by atoms with Crippen LogP contribution in [0.25, 0.3) is 0 Å². The summed E-state index contributed by atoms with van der Waals surface area (Å²) in [6.07, 6.45) is 7.39. The Kier molecular flexibility index (Phi) is 2.90. The van der Waals surface area contributed by atoms with Crippen LogP contribution in [0.1, 0.15) is 58.8 Å². The summed E-state index contributed by atoms with van der Waals surface area (Å²) >= 11 is 0. The van der Waals surface area contributed by atoms with Crippen molar-refractivity contribution in [1.29, 1.82) is 0 Å². The normalized spacial score (nSPS) is 62.6. The van der Waals surface area contributed by atoms with E-state index >= 15 is 0 Å². The van der Waals surface area contributed by atoms with E-state index in [-0.39, 0.29) is 28.8 Å². The number of carbonyl (C=O) groups excluding carboxylic acids is 1. The Bertz CT molecular complexity index is 691. The second-order valence-electron chi connectivity index (χ2n) is 11.4. The summed E-state index contributed by atoms with van der Waals surface area (Å²) in [7, 11) is 0. The van der Waals surface area contributed by atoms with Gasteiger partial charge in [0.25, 0.3) is 0 Å². The Morgan fingerprint density at radius 3 is 2.81 bits per heavy atom. The van der Waals surface area contributed by atoms with Gasteiger partial charge in [-0.15, -0.1) is 0 Å². The number of rotatable bonds is 2. The van der Waals surface area contributed by atoms with E-state index < -0.39 is 5.60 Å². The number of hydrogen-bond donors (Lipinski definition) is 2. The summed E-state index contributed by atoms with van der Waals surface area (Å²) in [6, 6.07) is 0.463. The van der Waals surface area contributed by atoms with Crippen molar-refractivity contribution >= 4 is 5.78 Å². The largest absolute Gasteiger partial charge is 0.395 e. The van der Waals surface area contributed by atoms with Crippen LogP contribution in [0, 0.1) is 39.9 Å². The number of piperidine rings is 1. The molecule has 0 aromatic carbocycles. The fourth-order valence-corrected chi connectivity index (χ4v) is 10.3. The quantitative estimate of drug-likeness (QED) is 0.794. The van der Waals surface area contributed by atoms with Gasteiger partial charge in [-0.05, 0) is 73.0 Å². The maximum absolute atomic E-state index is 13.6. The average Bonchev–Trinajstić information content (AvgIpc) is 2.64. The molecule has 0 unspecified atom stereocenters. The standard InChI is InChI=1S/C22H33NO3/c1-19-4-3-5-22-16-9-13-8-14(18(22)23(12-19)6-7-24)21(16,11-20(13,2)26)10-15(25)17(19)22/h13-14,16-18,24,26H,3-12H2,1-2H3/t13-,14-,16+,17-,18+,19-,20+,21+,22+/m0/s1.